The van der Waals surface area contributed by atoms with Gasteiger partial charge in [-0.15, -0.1) is 0 Å². The van der Waals surface area contributed by atoms with Crippen LogP contribution in [0.3, 0.4) is 0 Å². The molecule has 0 bridgehead atoms. The van der Waals surface area contributed by atoms with Gasteiger partial charge in [-0.2, -0.15) is 4.98 Å². The molecule has 0 fully saturated rings. The number of nitrogens with one attached hydrogen (secondary N) is 1. The standard InChI is InChI=1S/C15H17Cl2N3O/c1-3-6-18-8-11-9-19-15(20-10(11)2)21-12-4-5-13(16)14(17)7-12/h4-5,7,9,18H,3,6,8H2,1-2H3. The Labute approximate surface area is 134 Å². The van der Waals surface area contributed by atoms with Crippen molar-refractivity contribution in [1.82, 2.24) is 15.3 Å². The van der Waals surface area contributed by atoms with Crippen molar-refractivity contribution >= 4 is 23.2 Å². The number of halogens is 2. The second kappa shape index (κ2) is 7.59. The zero-order valence-electron chi connectivity index (χ0n) is 12.0. The minimum atomic E-state index is 0.296. The maximum Gasteiger partial charge on any atom is 0.322 e. The Morgan fingerprint density at radius 1 is 1.24 bits per heavy atom. The summed E-state index contributed by atoms with van der Waals surface area (Å²) in [5.41, 5.74) is 1.95. The van der Waals surface area contributed by atoms with E-state index in [1.165, 1.54) is 0 Å². The molecule has 112 valence electrons. The molecule has 0 aliphatic heterocycles. The highest BCUT2D eigenvalue weighted by molar-refractivity contribution is 6.42. The van der Waals surface area contributed by atoms with Gasteiger partial charge in [0.1, 0.15) is 5.75 Å². The number of benzene rings is 1. The molecule has 2 aromatic rings. The van der Waals surface area contributed by atoms with Crippen molar-refractivity contribution in [2.75, 3.05) is 6.54 Å². The van der Waals surface area contributed by atoms with Gasteiger partial charge in [0.15, 0.2) is 0 Å². The van der Waals surface area contributed by atoms with Crippen LogP contribution in [0.4, 0.5) is 0 Å². The van der Waals surface area contributed by atoms with Crippen molar-refractivity contribution < 1.29 is 4.74 Å². The van der Waals surface area contributed by atoms with Crippen LogP contribution in [-0.2, 0) is 6.54 Å². The monoisotopic (exact) mass is 325 g/mol. The van der Waals surface area contributed by atoms with Gasteiger partial charge < -0.3 is 10.1 Å². The van der Waals surface area contributed by atoms with Crippen LogP contribution < -0.4 is 10.1 Å². The highest BCUT2D eigenvalue weighted by atomic mass is 35.5. The summed E-state index contributed by atoms with van der Waals surface area (Å²) in [6, 6.07) is 5.34. The molecule has 1 N–H and O–H groups in total. The zero-order valence-corrected chi connectivity index (χ0v) is 13.5. The van der Waals surface area contributed by atoms with Crippen LogP contribution in [0.15, 0.2) is 24.4 Å². The summed E-state index contributed by atoms with van der Waals surface area (Å²) >= 11 is 11.8. The lowest BCUT2D eigenvalue weighted by Gasteiger charge is -2.09. The lowest BCUT2D eigenvalue weighted by molar-refractivity contribution is 0.439. The summed E-state index contributed by atoms with van der Waals surface area (Å²) < 4.78 is 5.59. The van der Waals surface area contributed by atoms with E-state index < -0.39 is 0 Å². The van der Waals surface area contributed by atoms with E-state index in [-0.39, 0.29) is 0 Å². The van der Waals surface area contributed by atoms with E-state index in [4.69, 9.17) is 27.9 Å². The second-order valence-corrected chi connectivity index (χ2v) is 5.43. The Bertz CT molecular complexity index is 620. The Morgan fingerprint density at radius 2 is 2.05 bits per heavy atom. The molecule has 21 heavy (non-hydrogen) atoms. The average molecular weight is 326 g/mol. The molecule has 1 aromatic heterocycles. The first-order valence-corrected chi connectivity index (χ1v) is 7.52. The van der Waals surface area contributed by atoms with Crippen LogP contribution in [0.5, 0.6) is 11.8 Å². The molecular formula is C15H17Cl2N3O. The van der Waals surface area contributed by atoms with Crippen molar-refractivity contribution in [1.29, 1.82) is 0 Å². The maximum atomic E-state index is 5.95. The molecule has 0 radical (unpaired) electrons. The molecule has 0 amide bonds. The quantitative estimate of drug-likeness (QED) is 0.800. The van der Waals surface area contributed by atoms with Gasteiger partial charge in [-0.25, -0.2) is 4.98 Å². The predicted octanol–water partition coefficient (Wildman–Crippen LogP) is 4.38. The van der Waals surface area contributed by atoms with E-state index in [0.717, 1.165) is 30.8 Å². The fourth-order valence-corrected chi connectivity index (χ4v) is 2.03. The van der Waals surface area contributed by atoms with E-state index in [9.17, 15) is 0 Å². The third kappa shape index (κ3) is 4.56. The van der Waals surface area contributed by atoms with E-state index in [2.05, 4.69) is 22.2 Å². The molecule has 0 saturated carbocycles. The second-order valence-electron chi connectivity index (χ2n) is 4.62. The molecule has 0 aliphatic carbocycles. The fraction of sp³-hybridized carbons (Fsp3) is 0.333. The largest absolute Gasteiger partial charge is 0.424 e. The Balaban J connectivity index is 2.07. The average Bonchev–Trinajstić information content (AvgIpc) is 2.45. The van der Waals surface area contributed by atoms with Crippen LogP contribution in [0.2, 0.25) is 10.0 Å². The van der Waals surface area contributed by atoms with Crippen molar-refractivity contribution in [2.24, 2.45) is 0 Å². The van der Waals surface area contributed by atoms with Crippen molar-refractivity contribution in [3.8, 4) is 11.8 Å². The highest BCUT2D eigenvalue weighted by Crippen LogP contribution is 2.28. The lowest BCUT2D eigenvalue weighted by Crippen LogP contribution is -2.15. The molecule has 0 unspecified atom stereocenters. The van der Waals surface area contributed by atoms with Gasteiger partial charge in [-0.1, -0.05) is 30.1 Å². The van der Waals surface area contributed by atoms with Crippen LogP contribution in [-0.4, -0.2) is 16.5 Å². The van der Waals surface area contributed by atoms with Gasteiger partial charge in [-0.05, 0) is 32.0 Å². The van der Waals surface area contributed by atoms with Gasteiger partial charge in [0.05, 0.1) is 10.0 Å². The summed E-state index contributed by atoms with van der Waals surface area (Å²) in [7, 11) is 0. The fourth-order valence-electron chi connectivity index (χ4n) is 1.74. The first-order chi connectivity index (χ1) is 10.1. The summed E-state index contributed by atoms with van der Waals surface area (Å²) in [5, 5.41) is 4.24. The van der Waals surface area contributed by atoms with Crippen LogP contribution >= 0.6 is 23.2 Å². The van der Waals surface area contributed by atoms with Gasteiger partial charge in [0.2, 0.25) is 0 Å². The summed E-state index contributed by atoms with van der Waals surface area (Å²) in [4.78, 5) is 8.57. The van der Waals surface area contributed by atoms with E-state index >= 15 is 0 Å². The molecule has 2 rings (SSSR count). The number of aryl methyl sites for hydroxylation is 1. The molecule has 6 heteroatoms. The first-order valence-electron chi connectivity index (χ1n) is 6.76. The number of hydrogen-bond acceptors (Lipinski definition) is 4. The van der Waals surface area contributed by atoms with Crippen LogP contribution in [0.1, 0.15) is 24.6 Å². The Morgan fingerprint density at radius 3 is 2.71 bits per heavy atom. The topological polar surface area (TPSA) is 47.0 Å². The third-order valence-corrected chi connectivity index (χ3v) is 3.64. The van der Waals surface area contributed by atoms with Crippen LogP contribution in [0.25, 0.3) is 0 Å². The van der Waals surface area contributed by atoms with Crippen molar-refractivity contribution in [2.45, 2.75) is 26.8 Å². The lowest BCUT2D eigenvalue weighted by atomic mass is 10.2. The molecule has 0 atom stereocenters. The Kier molecular flexibility index (Phi) is 5.79. The normalized spacial score (nSPS) is 10.7. The number of nitrogens with zero attached hydrogens (tertiary/aromatic N) is 2. The predicted molar refractivity (Wildman–Crippen MR) is 85.3 cm³/mol. The summed E-state index contributed by atoms with van der Waals surface area (Å²) in [5.74, 6) is 0.556. The van der Waals surface area contributed by atoms with E-state index in [1.807, 2.05) is 6.92 Å². The number of hydrogen-bond donors (Lipinski definition) is 1. The van der Waals surface area contributed by atoms with Gasteiger partial charge >= 0.3 is 6.01 Å². The molecule has 1 aromatic carbocycles. The number of aromatic nitrogens is 2. The van der Waals surface area contributed by atoms with Crippen molar-refractivity contribution in [3.05, 3.63) is 45.7 Å². The number of rotatable bonds is 6. The summed E-state index contributed by atoms with van der Waals surface area (Å²) in [6.45, 7) is 5.80. The van der Waals surface area contributed by atoms with E-state index in [1.54, 1.807) is 24.4 Å². The van der Waals surface area contributed by atoms with Gasteiger partial charge in [0, 0.05) is 30.1 Å². The minimum Gasteiger partial charge on any atom is -0.424 e. The minimum absolute atomic E-state index is 0.296. The first kappa shape index (κ1) is 16.0. The smallest absolute Gasteiger partial charge is 0.322 e. The third-order valence-electron chi connectivity index (χ3n) is 2.90. The van der Waals surface area contributed by atoms with Crippen LogP contribution in [0, 0.1) is 6.92 Å². The molecule has 0 saturated heterocycles. The van der Waals surface area contributed by atoms with E-state index in [0.29, 0.717) is 21.8 Å². The molecular weight excluding hydrogens is 309 g/mol. The van der Waals surface area contributed by atoms with Gasteiger partial charge in [-0.3, -0.25) is 0 Å². The zero-order chi connectivity index (χ0) is 15.2. The van der Waals surface area contributed by atoms with Gasteiger partial charge in [0.25, 0.3) is 0 Å². The molecule has 1 heterocycles. The summed E-state index contributed by atoms with van der Waals surface area (Å²) in [6.07, 6.45) is 2.87. The number of ether oxygens (including phenoxy) is 1. The highest BCUT2D eigenvalue weighted by Gasteiger charge is 2.07. The van der Waals surface area contributed by atoms with Crippen molar-refractivity contribution in [3.63, 3.8) is 0 Å². The molecule has 0 aliphatic rings. The molecule has 0 spiro atoms. The SMILES string of the molecule is CCCNCc1cnc(Oc2ccc(Cl)c(Cl)c2)nc1C. The maximum absolute atomic E-state index is 5.95. The molecule has 4 nitrogen and oxygen atoms in total. The Hall–Kier alpha value is -1.36.